The maximum absolute atomic E-state index is 12.4. The first-order valence-corrected chi connectivity index (χ1v) is 9.08. The second kappa shape index (κ2) is 7.67. The molecule has 4 rings (SSSR count). The quantitative estimate of drug-likeness (QED) is 0.479. The number of Topliss-reactive ketones (excluding diaryl/α,β-unsaturated/α-hetero) is 1. The van der Waals surface area contributed by atoms with Crippen LogP contribution in [0.2, 0.25) is 0 Å². The summed E-state index contributed by atoms with van der Waals surface area (Å²) in [6.45, 7) is 1.32. The van der Waals surface area contributed by atoms with Gasteiger partial charge in [0.25, 0.3) is 5.91 Å². The fourth-order valence-electron chi connectivity index (χ4n) is 3.14. The molecule has 0 aliphatic rings. The van der Waals surface area contributed by atoms with Gasteiger partial charge in [0.05, 0.1) is 12.8 Å². The summed E-state index contributed by atoms with van der Waals surface area (Å²) in [5.74, 6) is 0.671. The molecule has 146 valence electrons. The Hall–Kier alpha value is -3.80. The van der Waals surface area contributed by atoms with E-state index in [-0.39, 0.29) is 18.3 Å². The molecule has 0 unspecified atom stereocenters. The number of para-hydroxylation sites is 1. The number of anilines is 1. The van der Waals surface area contributed by atoms with Crippen molar-refractivity contribution in [3.8, 4) is 11.5 Å². The number of ether oxygens (including phenoxy) is 2. The molecule has 0 aliphatic carbocycles. The first-order chi connectivity index (χ1) is 14.0. The number of carbonyl (C=O) groups excluding carboxylic acids is 2. The predicted octanol–water partition coefficient (Wildman–Crippen LogP) is 4.81. The Morgan fingerprint density at radius 1 is 0.966 bits per heavy atom. The average molecular weight is 389 g/mol. The number of methoxy groups -OCH3 is 1. The number of nitrogens with one attached hydrogen (secondary N) is 1. The second-order valence-corrected chi connectivity index (χ2v) is 6.56. The Labute approximate surface area is 167 Å². The van der Waals surface area contributed by atoms with Crippen LogP contribution in [0.5, 0.6) is 11.5 Å². The Morgan fingerprint density at radius 3 is 2.45 bits per heavy atom. The van der Waals surface area contributed by atoms with Crippen molar-refractivity contribution in [3.63, 3.8) is 0 Å². The zero-order valence-corrected chi connectivity index (χ0v) is 16.0. The normalized spacial score (nSPS) is 10.8. The topological polar surface area (TPSA) is 77.8 Å². The molecule has 0 fully saturated rings. The minimum Gasteiger partial charge on any atom is -0.495 e. The highest BCUT2D eigenvalue weighted by atomic mass is 16.5. The Morgan fingerprint density at radius 2 is 1.72 bits per heavy atom. The van der Waals surface area contributed by atoms with Gasteiger partial charge in [0.1, 0.15) is 22.7 Å². The standard InChI is InChI=1S/C23H19NO5/c1-14(25)15-7-9-16(10-8-15)28-13-23(26)24-19-12-21-18(11-22(19)27-2)17-5-3-4-6-20(17)29-21/h3-12H,13H2,1-2H3,(H,24,26). The molecule has 3 aromatic carbocycles. The van der Waals surface area contributed by atoms with E-state index in [4.69, 9.17) is 13.9 Å². The number of benzene rings is 3. The molecule has 1 aromatic heterocycles. The number of ketones is 1. The van der Waals surface area contributed by atoms with Gasteiger partial charge in [-0.25, -0.2) is 0 Å². The number of hydrogen-bond acceptors (Lipinski definition) is 5. The van der Waals surface area contributed by atoms with E-state index in [0.717, 1.165) is 16.4 Å². The maximum atomic E-state index is 12.4. The zero-order chi connectivity index (χ0) is 20.4. The van der Waals surface area contributed by atoms with Crippen LogP contribution in [0.15, 0.2) is 65.1 Å². The lowest BCUT2D eigenvalue weighted by Crippen LogP contribution is -2.20. The van der Waals surface area contributed by atoms with Gasteiger partial charge in [0, 0.05) is 22.4 Å². The van der Waals surface area contributed by atoms with E-state index in [2.05, 4.69) is 5.32 Å². The van der Waals surface area contributed by atoms with Crippen LogP contribution in [0.3, 0.4) is 0 Å². The number of rotatable bonds is 6. The minimum atomic E-state index is -0.339. The van der Waals surface area contributed by atoms with Gasteiger partial charge in [-0.05, 0) is 43.3 Å². The van der Waals surface area contributed by atoms with Crippen molar-refractivity contribution in [2.45, 2.75) is 6.92 Å². The van der Waals surface area contributed by atoms with Gasteiger partial charge < -0.3 is 19.2 Å². The monoisotopic (exact) mass is 389 g/mol. The van der Waals surface area contributed by atoms with Crippen LogP contribution in [-0.2, 0) is 4.79 Å². The van der Waals surface area contributed by atoms with E-state index in [0.29, 0.717) is 28.3 Å². The zero-order valence-electron chi connectivity index (χ0n) is 16.0. The van der Waals surface area contributed by atoms with Crippen LogP contribution in [0.25, 0.3) is 21.9 Å². The third-order valence-electron chi connectivity index (χ3n) is 4.60. The molecular weight excluding hydrogens is 370 g/mol. The summed E-state index contributed by atoms with van der Waals surface area (Å²) >= 11 is 0. The van der Waals surface area contributed by atoms with Gasteiger partial charge in [0.15, 0.2) is 12.4 Å². The molecule has 4 aromatic rings. The molecule has 0 saturated heterocycles. The molecule has 0 aliphatic heterocycles. The lowest BCUT2D eigenvalue weighted by atomic mass is 10.1. The summed E-state index contributed by atoms with van der Waals surface area (Å²) in [6.07, 6.45) is 0. The molecule has 1 N–H and O–H groups in total. The highest BCUT2D eigenvalue weighted by Crippen LogP contribution is 2.36. The van der Waals surface area contributed by atoms with E-state index < -0.39 is 0 Å². The molecular formula is C23H19NO5. The summed E-state index contributed by atoms with van der Waals surface area (Å²) in [7, 11) is 1.55. The molecule has 0 saturated carbocycles. The van der Waals surface area contributed by atoms with Crippen LogP contribution in [-0.4, -0.2) is 25.4 Å². The van der Waals surface area contributed by atoms with E-state index >= 15 is 0 Å². The van der Waals surface area contributed by atoms with Crippen molar-refractivity contribution < 1.29 is 23.5 Å². The number of fused-ring (bicyclic) bond motifs is 3. The lowest BCUT2D eigenvalue weighted by Gasteiger charge is -2.11. The Bertz CT molecular complexity index is 1210. The third-order valence-corrected chi connectivity index (χ3v) is 4.60. The lowest BCUT2D eigenvalue weighted by molar-refractivity contribution is -0.118. The fourth-order valence-corrected chi connectivity index (χ4v) is 3.14. The number of carbonyl (C=O) groups is 2. The molecule has 1 amide bonds. The Kier molecular flexibility index (Phi) is 4.91. The van der Waals surface area contributed by atoms with Crippen molar-refractivity contribution in [1.29, 1.82) is 0 Å². The van der Waals surface area contributed by atoms with Crippen molar-refractivity contribution in [3.05, 3.63) is 66.2 Å². The van der Waals surface area contributed by atoms with Gasteiger partial charge in [0.2, 0.25) is 0 Å². The van der Waals surface area contributed by atoms with Crippen molar-refractivity contribution in [2.24, 2.45) is 0 Å². The van der Waals surface area contributed by atoms with Gasteiger partial charge in [-0.1, -0.05) is 18.2 Å². The molecule has 29 heavy (non-hydrogen) atoms. The minimum absolute atomic E-state index is 0.0256. The predicted molar refractivity (Wildman–Crippen MR) is 111 cm³/mol. The van der Waals surface area contributed by atoms with E-state index in [1.54, 1.807) is 37.4 Å². The first kappa shape index (κ1) is 18.6. The third kappa shape index (κ3) is 3.78. The van der Waals surface area contributed by atoms with Crippen molar-refractivity contribution >= 4 is 39.3 Å². The largest absolute Gasteiger partial charge is 0.495 e. The number of hydrogen-bond donors (Lipinski definition) is 1. The van der Waals surface area contributed by atoms with Gasteiger partial charge in [-0.3, -0.25) is 9.59 Å². The van der Waals surface area contributed by atoms with Crippen LogP contribution < -0.4 is 14.8 Å². The highest BCUT2D eigenvalue weighted by molar-refractivity contribution is 6.07. The van der Waals surface area contributed by atoms with Gasteiger partial charge in [-0.15, -0.1) is 0 Å². The molecule has 6 heteroatoms. The summed E-state index contributed by atoms with van der Waals surface area (Å²) in [5.41, 5.74) is 2.51. The van der Waals surface area contributed by atoms with E-state index in [1.807, 2.05) is 30.3 Å². The maximum Gasteiger partial charge on any atom is 0.262 e. The number of amides is 1. The molecule has 0 atom stereocenters. The first-order valence-electron chi connectivity index (χ1n) is 9.08. The summed E-state index contributed by atoms with van der Waals surface area (Å²) in [4.78, 5) is 23.7. The smallest absolute Gasteiger partial charge is 0.262 e. The fraction of sp³-hybridized carbons (Fsp3) is 0.130. The SMILES string of the molecule is COc1cc2c(cc1NC(=O)COc1ccc(C(C)=O)cc1)oc1ccccc12. The molecule has 1 heterocycles. The molecule has 0 bridgehead atoms. The average Bonchev–Trinajstić information content (AvgIpc) is 3.09. The van der Waals surface area contributed by atoms with Crippen LogP contribution in [0.4, 0.5) is 5.69 Å². The van der Waals surface area contributed by atoms with Crippen LogP contribution in [0.1, 0.15) is 17.3 Å². The summed E-state index contributed by atoms with van der Waals surface area (Å²) in [6, 6.07) is 17.9. The summed E-state index contributed by atoms with van der Waals surface area (Å²) < 4.78 is 16.8. The number of furan rings is 1. The van der Waals surface area contributed by atoms with Gasteiger partial charge in [-0.2, -0.15) is 0 Å². The van der Waals surface area contributed by atoms with Gasteiger partial charge >= 0.3 is 0 Å². The molecule has 0 radical (unpaired) electrons. The summed E-state index contributed by atoms with van der Waals surface area (Å²) in [5, 5.41) is 4.69. The van der Waals surface area contributed by atoms with E-state index in [1.165, 1.54) is 6.92 Å². The van der Waals surface area contributed by atoms with Crippen LogP contribution >= 0.6 is 0 Å². The Balaban J connectivity index is 1.51. The molecule has 0 spiro atoms. The van der Waals surface area contributed by atoms with E-state index in [9.17, 15) is 9.59 Å². The van der Waals surface area contributed by atoms with Crippen molar-refractivity contribution in [1.82, 2.24) is 0 Å². The van der Waals surface area contributed by atoms with Crippen LogP contribution in [0, 0.1) is 0 Å². The highest BCUT2D eigenvalue weighted by Gasteiger charge is 2.14. The molecule has 6 nitrogen and oxygen atoms in total. The van der Waals surface area contributed by atoms with Crippen molar-refractivity contribution in [2.75, 3.05) is 19.0 Å². The second-order valence-electron chi connectivity index (χ2n) is 6.56.